The molecule has 0 aliphatic carbocycles. The van der Waals surface area contributed by atoms with Crippen LogP contribution in [0.1, 0.15) is 31.9 Å². The van der Waals surface area contributed by atoms with E-state index in [0.717, 1.165) is 46.3 Å². The van der Waals surface area contributed by atoms with Crippen molar-refractivity contribution in [3.8, 4) is 11.5 Å². The van der Waals surface area contributed by atoms with Gasteiger partial charge in [-0.25, -0.2) is 4.98 Å². The van der Waals surface area contributed by atoms with Gasteiger partial charge >= 0.3 is 0 Å². The number of likely N-dealkylation sites (N-methyl/N-ethyl adjacent to an activating group) is 1. The number of amides is 1. The molecule has 0 unspecified atom stereocenters. The van der Waals surface area contributed by atoms with Gasteiger partial charge in [0.25, 0.3) is 5.91 Å². The van der Waals surface area contributed by atoms with Gasteiger partial charge in [-0.3, -0.25) is 9.69 Å². The van der Waals surface area contributed by atoms with E-state index in [1.165, 1.54) is 5.56 Å². The monoisotopic (exact) mass is 491 g/mol. The molecule has 3 aromatic rings. The Morgan fingerprint density at radius 1 is 0.939 bits per heavy atom. The van der Waals surface area contributed by atoms with Gasteiger partial charge in [-0.1, -0.05) is 31.3 Å². The molecule has 3 rings (SSSR count). The number of carbonyl (C=O) groups excluding carboxylic acids is 1. The zero-order valence-corrected chi connectivity index (χ0v) is 21.7. The lowest BCUT2D eigenvalue weighted by Gasteiger charge is -2.24. The van der Waals surface area contributed by atoms with Crippen molar-refractivity contribution in [2.75, 3.05) is 44.3 Å². The van der Waals surface area contributed by atoms with Crippen molar-refractivity contribution >= 4 is 45.0 Å². The third-order valence-electron chi connectivity index (χ3n) is 5.64. The van der Waals surface area contributed by atoms with E-state index in [0.29, 0.717) is 18.9 Å². The zero-order chi connectivity index (χ0) is 23.1. The molecule has 0 bridgehead atoms. The molecule has 0 fully saturated rings. The van der Waals surface area contributed by atoms with Crippen LogP contribution in [0.15, 0.2) is 36.4 Å². The first kappa shape index (κ1) is 26.9. The fraction of sp³-hybridized carbons (Fsp3) is 0.440. The van der Waals surface area contributed by atoms with Crippen LogP contribution in [0, 0.1) is 13.8 Å². The molecule has 1 heterocycles. The number of aryl methyl sites for hydroxylation is 2. The van der Waals surface area contributed by atoms with E-state index in [4.69, 9.17) is 14.5 Å². The maximum Gasteiger partial charge on any atom is 0.266 e. The summed E-state index contributed by atoms with van der Waals surface area (Å²) in [7, 11) is 0. The molecular weight excluding hydrogens is 458 g/mol. The molecule has 0 atom stereocenters. The molecule has 8 heteroatoms. The predicted molar refractivity (Wildman–Crippen MR) is 140 cm³/mol. The lowest BCUT2D eigenvalue weighted by molar-refractivity contribution is -0.120. The number of hydrogen-bond donors (Lipinski definition) is 0. The minimum absolute atomic E-state index is 0. The van der Waals surface area contributed by atoms with Crippen LogP contribution in [0.4, 0.5) is 5.13 Å². The number of anilines is 1. The Bertz CT molecular complexity index is 1040. The van der Waals surface area contributed by atoms with E-state index < -0.39 is 0 Å². The van der Waals surface area contributed by atoms with Crippen molar-refractivity contribution in [1.29, 1.82) is 0 Å². The molecule has 1 aromatic heterocycles. The van der Waals surface area contributed by atoms with Gasteiger partial charge < -0.3 is 14.4 Å². The van der Waals surface area contributed by atoms with E-state index >= 15 is 0 Å². The van der Waals surface area contributed by atoms with Crippen molar-refractivity contribution in [3.05, 3.63) is 47.5 Å². The van der Waals surface area contributed by atoms with E-state index in [9.17, 15) is 4.79 Å². The lowest BCUT2D eigenvalue weighted by atomic mass is 10.1. The fourth-order valence-corrected chi connectivity index (χ4v) is 4.53. The molecule has 0 saturated carbocycles. The Morgan fingerprint density at radius 3 is 2.18 bits per heavy atom. The van der Waals surface area contributed by atoms with Crippen molar-refractivity contribution in [2.24, 2.45) is 0 Å². The number of carbonyl (C=O) groups is 1. The number of rotatable bonds is 11. The Kier molecular flexibility index (Phi) is 10.4. The van der Waals surface area contributed by atoms with Gasteiger partial charge in [0.2, 0.25) is 0 Å². The van der Waals surface area contributed by atoms with E-state index in [1.807, 2.05) is 31.2 Å². The zero-order valence-electron chi connectivity index (χ0n) is 20.1. The van der Waals surface area contributed by atoms with Crippen molar-refractivity contribution in [3.63, 3.8) is 0 Å². The normalized spacial score (nSPS) is 10.8. The standard InChI is InChI=1S/C25H33N3O3S.ClH/c1-6-27(7-2)15-16-28(25-26-24-19(5)18(4)9-14-22(24)32-25)23(29)17-31-21-12-10-20(11-13-21)30-8-3;/h9-14H,6-8,15-17H2,1-5H3;1H. The van der Waals surface area contributed by atoms with Gasteiger partial charge in [-0.05, 0) is 75.3 Å². The smallest absolute Gasteiger partial charge is 0.266 e. The molecule has 1 amide bonds. The van der Waals surface area contributed by atoms with Gasteiger partial charge in [0.15, 0.2) is 11.7 Å². The van der Waals surface area contributed by atoms with E-state index in [2.05, 4.69) is 44.7 Å². The van der Waals surface area contributed by atoms with Gasteiger partial charge in [-0.2, -0.15) is 0 Å². The molecule has 0 saturated heterocycles. The SMILES string of the molecule is CCOc1ccc(OCC(=O)N(CCN(CC)CC)c2nc3c(C)c(C)ccc3s2)cc1.Cl. The third-order valence-corrected chi connectivity index (χ3v) is 6.68. The molecule has 2 aromatic carbocycles. The molecule has 0 radical (unpaired) electrons. The second kappa shape index (κ2) is 12.8. The van der Waals surface area contributed by atoms with Gasteiger partial charge in [0, 0.05) is 13.1 Å². The number of fused-ring (bicyclic) bond motifs is 1. The highest BCUT2D eigenvalue weighted by Crippen LogP contribution is 2.32. The Balaban J connectivity index is 0.00000385. The number of thiazole rings is 1. The predicted octanol–water partition coefficient (Wildman–Crippen LogP) is 5.49. The minimum Gasteiger partial charge on any atom is -0.494 e. The van der Waals surface area contributed by atoms with Crippen LogP contribution in [-0.4, -0.2) is 55.2 Å². The molecule has 0 spiro atoms. The first-order chi connectivity index (χ1) is 15.5. The van der Waals surface area contributed by atoms with E-state index in [-0.39, 0.29) is 24.9 Å². The average Bonchev–Trinajstić information content (AvgIpc) is 3.23. The maximum atomic E-state index is 13.2. The van der Waals surface area contributed by atoms with Crippen molar-refractivity contribution in [2.45, 2.75) is 34.6 Å². The molecule has 0 aliphatic heterocycles. The summed E-state index contributed by atoms with van der Waals surface area (Å²) in [6, 6.07) is 11.5. The Morgan fingerprint density at radius 2 is 1.58 bits per heavy atom. The highest BCUT2D eigenvalue weighted by atomic mass is 35.5. The second-order valence-corrected chi connectivity index (χ2v) is 8.63. The summed E-state index contributed by atoms with van der Waals surface area (Å²) in [6.07, 6.45) is 0. The minimum atomic E-state index is -0.0977. The van der Waals surface area contributed by atoms with Crippen LogP contribution in [0.5, 0.6) is 11.5 Å². The molecule has 0 aliphatic rings. The summed E-state index contributed by atoms with van der Waals surface area (Å²) >= 11 is 1.56. The first-order valence-corrected chi connectivity index (χ1v) is 12.0. The highest BCUT2D eigenvalue weighted by Gasteiger charge is 2.22. The molecular formula is C25H34ClN3O3S. The Hall–Kier alpha value is -2.35. The molecule has 6 nitrogen and oxygen atoms in total. The number of aromatic nitrogens is 1. The summed E-state index contributed by atoms with van der Waals surface area (Å²) in [5.41, 5.74) is 3.33. The molecule has 33 heavy (non-hydrogen) atoms. The summed E-state index contributed by atoms with van der Waals surface area (Å²) in [4.78, 5) is 22.1. The van der Waals surface area contributed by atoms with Gasteiger partial charge in [-0.15, -0.1) is 12.4 Å². The van der Waals surface area contributed by atoms with Gasteiger partial charge in [0.1, 0.15) is 11.5 Å². The number of benzene rings is 2. The lowest BCUT2D eigenvalue weighted by Crippen LogP contribution is -2.41. The topological polar surface area (TPSA) is 54.9 Å². The third kappa shape index (κ3) is 6.82. The second-order valence-electron chi connectivity index (χ2n) is 7.62. The largest absolute Gasteiger partial charge is 0.494 e. The molecule has 180 valence electrons. The van der Waals surface area contributed by atoms with Crippen LogP contribution in [0.2, 0.25) is 0 Å². The highest BCUT2D eigenvalue weighted by molar-refractivity contribution is 7.22. The Labute approximate surface area is 206 Å². The van der Waals surface area contributed by atoms with Crippen LogP contribution in [-0.2, 0) is 4.79 Å². The first-order valence-electron chi connectivity index (χ1n) is 11.2. The summed E-state index contributed by atoms with van der Waals surface area (Å²) < 4.78 is 12.4. The number of nitrogens with zero attached hydrogens (tertiary/aromatic N) is 3. The number of halogens is 1. The van der Waals surface area contributed by atoms with Crippen molar-refractivity contribution < 1.29 is 14.3 Å². The summed E-state index contributed by atoms with van der Waals surface area (Å²) in [6.45, 7) is 14.2. The summed E-state index contributed by atoms with van der Waals surface area (Å²) in [5.74, 6) is 1.33. The van der Waals surface area contributed by atoms with Gasteiger partial charge in [0.05, 0.1) is 16.8 Å². The van der Waals surface area contributed by atoms with E-state index in [1.54, 1.807) is 16.2 Å². The van der Waals surface area contributed by atoms with Crippen LogP contribution in [0.3, 0.4) is 0 Å². The molecule has 0 N–H and O–H groups in total. The maximum absolute atomic E-state index is 13.2. The van der Waals surface area contributed by atoms with Crippen LogP contribution in [0.25, 0.3) is 10.2 Å². The van der Waals surface area contributed by atoms with Crippen LogP contribution >= 0.6 is 23.7 Å². The number of ether oxygens (including phenoxy) is 2. The summed E-state index contributed by atoms with van der Waals surface area (Å²) in [5, 5.41) is 0.723. The number of hydrogen-bond acceptors (Lipinski definition) is 6. The quantitative estimate of drug-likeness (QED) is 0.355. The fourth-order valence-electron chi connectivity index (χ4n) is 3.46. The average molecular weight is 492 g/mol. The van der Waals surface area contributed by atoms with Crippen LogP contribution < -0.4 is 14.4 Å². The van der Waals surface area contributed by atoms with Crippen molar-refractivity contribution in [1.82, 2.24) is 9.88 Å².